The molecule has 0 aliphatic heterocycles. The number of hydrogen-bond acceptors (Lipinski definition) is 6. The van der Waals surface area contributed by atoms with E-state index in [1.54, 1.807) is 67.4 Å². The van der Waals surface area contributed by atoms with Crippen molar-refractivity contribution < 1.29 is 19.1 Å². The molecule has 31 heavy (non-hydrogen) atoms. The zero-order valence-corrected chi connectivity index (χ0v) is 16.8. The van der Waals surface area contributed by atoms with Gasteiger partial charge in [-0.15, -0.1) is 0 Å². The van der Waals surface area contributed by atoms with Gasteiger partial charge in [-0.3, -0.25) is 9.59 Å². The van der Waals surface area contributed by atoms with E-state index < -0.39 is 11.8 Å². The van der Waals surface area contributed by atoms with Gasteiger partial charge in [0.15, 0.2) is 22.8 Å². The summed E-state index contributed by atoms with van der Waals surface area (Å²) in [5.41, 5.74) is 8.37. The van der Waals surface area contributed by atoms with Gasteiger partial charge in [-0.05, 0) is 48.5 Å². The first-order valence-electron chi connectivity index (χ1n) is 9.28. The summed E-state index contributed by atoms with van der Waals surface area (Å²) < 4.78 is 12.3. The number of amides is 2. The number of nitrogens with zero attached hydrogens (tertiary/aromatic N) is 3. The number of benzene rings is 2. The van der Waals surface area contributed by atoms with E-state index in [0.29, 0.717) is 28.4 Å². The van der Waals surface area contributed by atoms with E-state index in [9.17, 15) is 9.59 Å². The van der Waals surface area contributed by atoms with Crippen molar-refractivity contribution in [3.8, 4) is 22.8 Å². The van der Waals surface area contributed by atoms with Gasteiger partial charge < -0.3 is 20.5 Å². The van der Waals surface area contributed by atoms with Crippen molar-refractivity contribution >= 4 is 23.1 Å². The van der Waals surface area contributed by atoms with Gasteiger partial charge in [-0.2, -0.15) is 5.10 Å². The first-order valence-corrected chi connectivity index (χ1v) is 9.28. The zero-order valence-electron chi connectivity index (χ0n) is 16.8. The number of nitrogens with one attached hydrogen (secondary N) is 1. The number of fused-ring (bicyclic) bond motifs is 1. The molecule has 0 fully saturated rings. The van der Waals surface area contributed by atoms with Crippen LogP contribution in [0.15, 0.2) is 60.8 Å². The normalized spacial score (nSPS) is 10.6. The number of anilines is 1. The lowest BCUT2D eigenvalue weighted by molar-refractivity contribution is 0.0998. The zero-order chi connectivity index (χ0) is 22.0. The van der Waals surface area contributed by atoms with Crippen LogP contribution in [0, 0.1) is 0 Å². The first-order chi connectivity index (χ1) is 15.0. The average Bonchev–Trinajstić information content (AvgIpc) is 3.23. The molecule has 0 unspecified atom stereocenters. The minimum Gasteiger partial charge on any atom is -0.493 e. The third kappa shape index (κ3) is 3.88. The summed E-state index contributed by atoms with van der Waals surface area (Å²) in [6, 6.07) is 15.2. The van der Waals surface area contributed by atoms with Crippen molar-refractivity contribution in [1.29, 1.82) is 0 Å². The van der Waals surface area contributed by atoms with Crippen molar-refractivity contribution in [1.82, 2.24) is 14.6 Å². The Kier molecular flexibility index (Phi) is 5.23. The fourth-order valence-corrected chi connectivity index (χ4v) is 3.13. The molecule has 9 heteroatoms. The molecule has 0 atom stereocenters. The van der Waals surface area contributed by atoms with Crippen molar-refractivity contribution in [3.05, 3.63) is 72.1 Å². The number of ether oxygens (including phenoxy) is 2. The van der Waals surface area contributed by atoms with Gasteiger partial charge in [0.05, 0.1) is 19.9 Å². The molecule has 0 radical (unpaired) electrons. The topological polar surface area (TPSA) is 121 Å². The minimum atomic E-state index is -0.535. The molecule has 9 nitrogen and oxygen atoms in total. The van der Waals surface area contributed by atoms with Crippen LogP contribution in [0.4, 0.5) is 5.69 Å². The predicted molar refractivity (Wildman–Crippen MR) is 114 cm³/mol. The molecule has 0 spiro atoms. The van der Waals surface area contributed by atoms with E-state index >= 15 is 0 Å². The largest absolute Gasteiger partial charge is 0.493 e. The number of carbonyl (C=O) groups is 2. The third-order valence-corrected chi connectivity index (χ3v) is 4.70. The van der Waals surface area contributed by atoms with E-state index in [2.05, 4.69) is 15.4 Å². The summed E-state index contributed by atoms with van der Waals surface area (Å²) in [6.45, 7) is 0. The standard InChI is InChI=1S/C22H19N5O4/c1-30-18-8-5-14(11-19(18)31-2)17-9-10-24-20-12-16(26-27(17)20)22(29)25-15-6-3-13(4-7-15)21(23)28/h3-12H,1-2H3,(H2,23,28)(H,25,29). The summed E-state index contributed by atoms with van der Waals surface area (Å²) in [5.74, 6) is 0.247. The molecule has 0 aliphatic carbocycles. The van der Waals surface area contributed by atoms with Crippen LogP contribution in [0.25, 0.3) is 16.9 Å². The quantitative estimate of drug-likeness (QED) is 0.498. The van der Waals surface area contributed by atoms with Crippen LogP contribution in [0.1, 0.15) is 20.8 Å². The lowest BCUT2D eigenvalue weighted by atomic mass is 10.1. The molecular weight excluding hydrogens is 398 g/mol. The minimum absolute atomic E-state index is 0.194. The molecule has 4 rings (SSSR count). The van der Waals surface area contributed by atoms with E-state index in [-0.39, 0.29) is 5.69 Å². The number of nitrogens with two attached hydrogens (primary N) is 1. The van der Waals surface area contributed by atoms with Crippen LogP contribution in [-0.2, 0) is 0 Å². The summed E-state index contributed by atoms with van der Waals surface area (Å²) in [6.07, 6.45) is 1.65. The SMILES string of the molecule is COc1ccc(-c2ccnc3cc(C(=O)Nc4ccc(C(N)=O)cc4)nn23)cc1OC. The summed E-state index contributed by atoms with van der Waals surface area (Å²) >= 11 is 0. The molecule has 3 N–H and O–H groups in total. The van der Waals surface area contributed by atoms with Crippen LogP contribution >= 0.6 is 0 Å². The number of aromatic nitrogens is 3. The lowest BCUT2D eigenvalue weighted by Gasteiger charge is -2.10. The molecule has 0 bridgehead atoms. The molecule has 2 amide bonds. The van der Waals surface area contributed by atoms with E-state index in [4.69, 9.17) is 15.2 Å². The predicted octanol–water partition coefficient (Wildman–Crippen LogP) is 2.76. The second-order valence-corrected chi connectivity index (χ2v) is 6.60. The summed E-state index contributed by atoms with van der Waals surface area (Å²) in [4.78, 5) is 28.2. The van der Waals surface area contributed by atoms with Crippen LogP contribution in [0.2, 0.25) is 0 Å². The summed E-state index contributed by atoms with van der Waals surface area (Å²) in [5, 5.41) is 7.17. The van der Waals surface area contributed by atoms with Crippen LogP contribution in [-0.4, -0.2) is 40.6 Å². The van der Waals surface area contributed by atoms with Gasteiger partial charge in [0.1, 0.15) is 0 Å². The highest BCUT2D eigenvalue weighted by atomic mass is 16.5. The Bertz CT molecular complexity index is 1280. The summed E-state index contributed by atoms with van der Waals surface area (Å²) in [7, 11) is 3.14. The maximum absolute atomic E-state index is 12.7. The van der Waals surface area contributed by atoms with Gasteiger partial charge in [-0.1, -0.05) is 0 Å². The van der Waals surface area contributed by atoms with E-state index in [1.807, 2.05) is 12.1 Å². The molecule has 2 heterocycles. The maximum atomic E-state index is 12.7. The van der Waals surface area contributed by atoms with E-state index in [1.165, 1.54) is 0 Å². The number of carbonyl (C=O) groups excluding carboxylic acids is 2. The van der Waals surface area contributed by atoms with Gasteiger partial charge in [0.25, 0.3) is 5.91 Å². The fourth-order valence-electron chi connectivity index (χ4n) is 3.13. The third-order valence-electron chi connectivity index (χ3n) is 4.70. The Morgan fingerprint density at radius 2 is 1.71 bits per heavy atom. The highest BCUT2D eigenvalue weighted by molar-refractivity contribution is 6.04. The van der Waals surface area contributed by atoms with Crippen LogP contribution < -0.4 is 20.5 Å². The van der Waals surface area contributed by atoms with Gasteiger partial charge in [-0.25, -0.2) is 9.50 Å². The fraction of sp³-hybridized carbons (Fsp3) is 0.0909. The second kappa shape index (κ2) is 8.15. The molecule has 0 aliphatic rings. The van der Waals surface area contributed by atoms with Crippen LogP contribution in [0.3, 0.4) is 0 Å². The Labute approximate surface area is 177 Å². The van der Waals surface area contributed by atoms with Crippen molar-refractivity contribution in [2.24, 2.45) is 5.73 Å². The van der Waals surface area contributed by atoms with E-state index in [0.717, 1.165) is 11.3 Å². The molecule has 2 aromatic heterocycles. The monoisotopic (exact) mass is 417 g/mol. The number of hydrogen-bond donors (Lipinski definition) is 2. The van der Waals surface area contributed by atoms with Gasteiger partial charge in [0, 0.05) is 29.1 Å². The number of methoxy groups -OCH3 is 2. The van der Waals surface area contributed by atoms with Gasteiger partial charge >= 0.3 is 0 Å². The molecular formula is C22H19N5O4. The smallest absolute Gasteiger partial charge is 0.276 e. The molecule has 0 saturated heterocycles. The number of primary amides is 1. The maximum Gasteiger partial charge on any atom is 0.276 e. The Morgan fingerprint density at radius 1 is 0.968 bits per heavy atom. The van der Waals surface area contributed by atoms with Crippen molar-refractivity contribution in [3.63, 3.8) is 0 Å². The highest BCUT2D eigenvalue weighted by Crippen LogP contribution is 2.32. The molecule has 156 valence electrons. The lowest BCUT2D eigenvalue weighted by Crippen LogP contribution is -2.14. The van der Waals surface area contributed by atoms with Gasteiger partial charge in [0.2, 0.25) is 5.91 Å². The van der Waals surface area contributed by atoms with Crippen LogP contribution in [0.5, 0.6) is 11.5 Å². The highest BCUT2D eigenvalue weighted by Gasteiger charge is 2.16. The van der Waals surface area contributed by atoms with Crippen molar-refractivity contribution in [2.75, 3.05) is 19.5 Å². The molecule has 2 aromatic carbocycles. The molecule has 0 saturated carbocycles. The second-order valence-electron chi connectivity index (χ2n) is 6.60. The first kappa shape index (κ1) is 19.9. The molecule has 4 aromatic rings. The Balaban J connectivity index is 1.66. The average molecular weight is 417 g/mol. The Hall–Kier alpha value is -4.40. The van der Waals surface area contributed by atoms with Crippen molar-refractivity contribution in [2.45, 2.75) is 0 Å². The Morgan fingerprint density at radius 3 is 2.39 bits per heavy atom. The number of rotatable bonds is 6.